The summed E-state index contributed by atoms with van der Waals surface area (Å²) in [6, 6.07) is 7.35. The van der Waals surface area contributed by atoms with Crippen molar-refractivity contribution < 1.29 is 24.4 Å². The van der Waals surface area contributed by atoms with E-state index in [9.17, 15) is 19.7 Å². The van der Waals surface area contributed by atoms with E-state index in [1.165, 1.54) is 11.3 Å². The van der Waals surface area contributed by atoms with Crippen molar-refractivity contribution in [2.24, 2.45) is 0 Å². The van der Waals surface area contributed by atoms with Gasteiger partial charge < -0.3 is 14.8 Å². The van der Waals surface area contributed by atoms with E-state index < -0.39 is 13.1 Å². The van der Waals surface area contributed by atoms with E-state index in [-0.39, 0.29) is 29.3 Å². The first-order valence-electron chi connectivity index (χ1n) is 7.70. The molecule has 0 radical (unpaired) electrons. The Morgan fingerprint density at radius 2 is 2.17 bits per heavy atom. The molecule has 0 saturated carbocycles. The van der Waals surface area contributed by atoms with E-state index in [0.29, 0.717) is 18.4 Å². The Bertz CT molecular complexity index is 772. The van der Waals surface area contributed by atoms with Gasteiger partial charge in [0.25, 0.3) is 0 Å². The van der Waals surface area contributed by atoms with Gasteiger partial charge in [0.1, 0.15) is 17.1 Å². The van der Waals surface area contributed by atoms with Gasteiger partial charge in [0, 0.05) is 23.5 Å². The van der Waals surface area contributed by atoms with Gasteiger partial charge in [-0.3, -0.25) is 4.79 Å². The van der Waals surface area contributed by atoms with E-state index in [0.717, 1.165) is 10.4 Å². The summed E-state index contributed by atoms with van der Waals surface area (Å²) in [6.07, 6.45) is 0.976. The second-order valence-corrected chi connectivity index (χ2v) is 7.05. The van der Waals surface area contributed by atoms with Crippen LogP contribution in [0.3, 0.4) is 0 Å². The minimum Gasteiger partial charge on any atom is -0.535 e. The Morgan fingerprint density at radius 1 is 1.38 bits per heavy atom. The number of carboxylic acids is 1. The van der Waals surface area contributed by atoms with Gasteiger partial charge in [-0.05, 0) is 35.9 Å². The molecule has 1 aliphatic heterocycles. The molecular formula is C17H17BO5S. The maximum Gasteiger partial charge on any atom is 0.526 e. The zero-order valence-corrected chi connectivity index (χ0v) is 14.0. The second kappa shape index (κ2) is 6.79. The van der Waals surface area contributed by atoms with Crippen LogP contribution in [-0.4, -0.2) is 29.0 Å². The first-order chi connectivity index (χ1) is 11.5. The molecule has 1 atom stereocenters. The molecule has 0 bridgehead atoms. The quantitative estimate of drug-likeness (QED) is 0.815. The molecule has 24 heavy (non-hydrogen) atoms. The highest BCUT2D eigenvalue weighted by atomic mass is 32.1. The molecule has 2 heterocycles. The van der Waals surface area contributed by atoms with Gasteiger partial charge in [-0.1, -0.05) is 18.2 Å². The van der Waals surface area contributed by atoms with Gasteiger partial charge in [-0.2, -0.15) is 0 Å². The van der Waals surface area contributed by atoms with Crippen molar-refractivity contribution in [3.63, 3.8) is 0 Å². The molecule has 0 amide bonds. The van der Waals surface area contributed by atoms with E-state index >= 15 is 0 Å². The molecule has 124 valence electrons. The number of ketones is 1. The SMILES string of the molecule is Cc1ccc2c(c1C(=O)O)OB(O)[C@@H](CC(=O)Cc1cccs1)C2. The van der Waals surface area contributed by atoms with Crippen LogP contribution in [0.2, 0.25) is 5.82 Å². The maximum absolute atomic E-state index is 12.2. The normalized spacial score (nSPS) is 16.4. The fraction of sp³-hybridized carbons (Fsp3) is 0.294. The number of hydrogen-bond acceptors (Lipinski definition) is 5. The van der Waals surface area contributed by atoms with E-state index in [1.807, 2.05) is 17.5 Å². The summed E-state index contributed by atoms with van der Waals surface area (Å²) >= 11 is 1.53. The van der Waals surface area contributed by atoms with Crippen molar-refractivity contribution in [3.05, 3.63) is 51.2 Å². The van der Waals surface area contributed by atoms with Crippen LogP contribution in [0, 0.1) is 6.92 Å². The lowest BCUT2D eigenvalue weighted by molar-refractivity contribution is -0.118. The predicted octanol–water partition coefficient (Wildman–Crippen LogP) is 2.74. The third kappa shape index (κ3) is 3.37. The van der Waals surface area contributed by atoms with E-state index in [1.54, 1.807) is 19.1 Å². The van der Waals surface area contributed by atoms with Crippen molar-refractivity contribution in [1.29, 1.82) is 0 Å². The molecule has 0 saturated heterocycles. The molecule has 0 unspecified atom stereocenters. The van der Waals surface area contributed by atoms with Crippen LogP contribution in [0.15, 0.2) is 29.6 Å². The Kier molecular flexibility index (Phi) is 4.73. The summed E-state index contributed by atoms with van der Waals surface area (Å²) in [5.41, 5.74) is 1.38. The molecule has 0 fully saturated rings. The fourth-order valence-corrected chi connectivity index (χ4v) is 3.76. The summed E-state index contributed by atoms with van der Waals surface area (Å²) in [7, 11) is -1.18. The predicted molar refractivity (Wildman–Crippen MR) is 91.8 cm³/mol. The van der Waals surface area contributed by atoms with Crippen LogP contribution in [-0.2, 0) is 17.6 Å². The van der Waals surface area contributed by atoms with E-state index in [2.05, 4.69) is 0 Å². The summed E-state index contributed by atoms with van der Waals surface area (Å²) in [5, 5.41) is 21.5. The van der Waals surface area contributed by atoms with Gasteiger partial charge >= 0.3 is 13.1 Å². The van der Waals surface area contributed by atoms with Crippen molar-refractivity contribution in [2.45, 2.75) is 32.0 Å². The van der Waals surface area contributed by atoms with Crippen molar-refractivity contribution >= 4 is 30.2 Å². The number of benzene rings is 1. The Balaban J connectivity index is 1.76. The number of carbonyl (C=O) groups excluding carboxylic acids is 1. The molecular weight excluding hydrogens is 327 g/mol. The van der Waals surface area contributed by atoms with Crippen LogP contribution in [0.1, 0.15) is 32.8 Å². The van der Waals surface area contributed by atoms with Gasteiger partial charge in [-0.15, -0.1) is 11.3 Å². The molecule has 1 aromatic heterocycles. The summed E-state index contributed by atoms with van der Waals surface area (Å²) < 4.78 is 5.48. The zero-order valence-electron chi connectivity index (χ0n) is 13.2. The lowest BCUT2D eigenvalue weighted by atomic mass is 9.64. The Hall–Kier alpha value is -2.12. The topological polar surface area (TPSA) is 83.8 Å². The number of aromatic carboxylic acids is 1. The first kappa shape index (κ1) is 16.7. The number of carboxylic acid groups (broad SMARTS) is 1. The van der Waals surface area contributed by atoms with Crippen molar-refractivity contribution in [2.75, 3.05) is 0 Å². The minimum absolute atomic E-state index is 0.0409. The lowest BCUT2D eigenvalue weighted by Gasteiger charge is -2.28. The molecule has 0 aliphatic carbocycles. The van der Waals surface area contributed by atoms with E-state index in [4.69, 9.17) is 4.65 Å². The Morgan fingerprint density at radius 3 is 2.83 bits per heavy atom. The third-order valence-electron chi connectivity index (χ3n) is 4.23. The lowest BCUT2D eigenvalue weighted by Crippen LogP contribution is -2.36. The maximum atomic E-state index is 12.2. The van der Waals surface area contributed by atoms with Crippen molar-refractivity contribution in [3.8, 4) is 5.75 Å². The summed E-state index contributed by atoms with van der Waals surface area (Å²) in [6.45, 7) is 1.69. The number of Topliss-reactive ketones (excluding diaryl/α,β-unsaturated/α-hetero) is 1. The largest absolute Gasteiger partial charge is 0.535 e. The number of thiophene rings is 1. The first-order valence-corrected chi connectivity index (χ1v) is 8.58. The average molecular weight is 344 g/mol. The minimum atomic E-state index is -1.18. The van der Waals surface area contributed by atoms with Crippen LogP contribution in [0.4, 0.5) is 0 Å². The third-order valence-corrected chi connectivity index (χ3v) is 5.10. The molecule has 5 nitrogen and oxygen atoms in total. The number of fused-ring (bicyclic) bond motifs is 1. The highest BCUT2D eigenvalue weighted by Gasteiger charge is 2.38. The number of aryl methyl sites for hydroxylation is 1. The summed E-state index contributed by atoms with van der Waals surface area (Å²) in [5.74, 6) is -1.19. The number of hydrogen-bond donors (Lipinski definition) is 2. The molecule has 2 N–H and O–H groups in total. The monoisotopic (exact) mass is 344 g/mol. The van der Waals surface area contributed by atoms with Crippen LogP contribution < -0.4 is 4.65 Å². The zero-order chi connectivity index (χ0) is 17.3. The smallest absolute Gasteiger partial charge is 0.526 e. The number of carbonyl (C=O) groups is 2. The Labute approximate surface area is 144 Å². The standard InChI is InChI=1S/C17H17BO5S/c1-10-4-5-11-7-12(8-13(19)9-14-3-2-6-24-14)18(22)23-16(11)15(10)17(20)21/h2-6,12,22H,7-9H2,1H3,(H,20,21)/t12-/m1/s1. The van der Waals surface area contributed by atoms with Gasteiger partial charge in [-0.25, -0.2) is 4.79 Å². The highest BCUT2D eigenvalue weighted by molar-refractivity contribution is 7.10. The van der Waals surface area contributed by atoms with Crippen molar-refractivity contribution in [1.82, 2.24) is 0 Å². The molecule has 1 aliphatic rings. The van der Waals surface area contributed by atoms with Crippen LogP contribution in [0.5, 0.6) is 5.75 Å². The molecule has 0 spiro atoms. The second-order valence-electron chi connectivity index (χ2n) is 6.02. The highest BCUT2D eigenvalue weighted by Crippen LogP contribution is 2.37. The summed E-state index contributed by atoms with van der Waals surface area (Å²) in [4.78, 5) is 24.6. The van der Waals surface area contributed by atoms with Crippen LogP contribution >= 0.6 is 11.3 Å². The molecule has 3 rings (SSSR count). The molecule has 7 heteroatoms. The molecule has 2 aromatic rings. The fourth-order valence-electron chi connectivity index (χ4n) is 3.03. The number of rotatable bonds is 5. The molecule has 1 aromatic carbocycles. The van der Waals surface area contributed by atoms with Gasteiger partial charge in [0.05, 0.1) is 0 Å². The van der Waals surface area contributed by atoms with Gasteiger partial charge in [0.15, 0.2) is 0 Å². The van der Waals surface area contributed by atoms with Crippen LogP contribution in [0.25, 0.3) is 0 Å². The van der Waals surface area contributed by atoms with Gasteiger partial charge in [0.2, 0.25) is 0 Å². The average Bonchev–Trinajstić information content (AvgIpc) is 3.00.